The van der Waals surface area contributed by atoms with E-state index in [4.69, 9.17) is 14.2 Å². The van der Waals surface area contributed by atoms with Crippen molar-refractivity contribution in [1.29, 1.82) is 0 Å². The first-order chi connectivity index (χ1) is 8.77. The van der Waals surface area contributed by atoms with Gasteiger partial charge < -0.3 is 24.0 Å². The van der Waals surface area contributed by atoms with Gasteiger partial charge in [0.25, 0.3) is 0 Å². The van der Waals surface area contributed by atoms with E-state index in [0.717, 1.165) is 58.8 Å². The second-order valence-electron chi connectivity index (χ2n) is 5.05. The van der Waals surface area contributed by atoms with Crippen LogP contribution < -0.4 is 0 Å². The summed E-state index contributed by atoms with van der Waals surface area (Å²) >= 11 is 0. The molecular formula is C12H20N2O4. The van der Waals surface area contributed by atoms with Gasteiger partial charge in [-0.25, -0.2) is 4.79 Å². The van der Waals surface area contributed by atoms with E-state index in [-0.39, 0.29) is 11.9 Å². The number of piperidine rings is 1. The number of nitrogens with zero attached hydrogens (tertiary/aromatic N) is 2. The van der Waals surface area contributed by atoms with Crippen molar-refractivity contribution in [2.24, 2.45) is 0 Å². The van der Waals surface area contributed by atoms with Crippen molar-refractivity contribution in [3.8, 4) is 0 Å². The molecule has 0 aliphatic carbocycles. The lowest BCUT2D eigenvalue weighted by molar-refractivity contribution is -0.185. The summed E-state index contributed by atoms with van der Waals surface area (Å²) in [7, 11) is 0. The minimum atomic E-state index is -0.303. The Morgan fingerprint density at radius 3 is 2.33 bits per heavy atom. The average molecular weight is 256 g/mol. The van der Waals surface area contributed by atoms with Crippen LogP contribution in [-0.4, -0.2) is 74.2 Å². The smallest absolute Gasteiger partial charge is 0.409 e. The fourth-order valence-corrected chi connectivity index (χ4v) is 2.79. The molecule has 0 radical (unpaired) electrons. The van der Waals surface area contributed by atoms with Crippen LogP contribution in [0, 0.1) is 0 Å². The van der Waals surface area contributed by atoms with Gasteiger partial charge in [-0.15, -0.1) is 0 Å². The first-order valence-electron chi connectivity index (χ1n) is 6.69. The molecule has 0 bridgehead atoms. The lowest BCUT2D eigenvalue weighted by atomic mass is 10.0. The van der Waals surface area contributed by atoms with Crippen LogP contribution in [-0.2, 0) is 14.2 Å². The molecule has 1 amide bonds. The van der Waals surface area contributed by atoms with Crippen molar-refractivity contribution in [2.45, 2.75) is 18.6 Å². The summed E-state index contributed by atoms with van der Waals surface area (Å²) in [5.74, 6) is -0.303. The molecule has 0 aromatic rings. The largest absolute Gasteiger partial charge is 0.448 e. The Morgan fingerprint density at radius 1 is 1.00 bits per heavy atom. The standard InChI is InChI=1S/C12H20N2O4/c15-11-14(7-8-16-11)6-5-13-3-1-12(2-4-13)17-9-10-18-12/h1-10H2. The Hall–Kier alpha value is -0.850. The molecule has 3 rings (SSSR count). The molecule has 0 saturated carbocycles. The molecular weight excluding hydrogens is 236 g/mol. The molecule has 3 heterocycles. The second-order valence-corrected chi connectivity index (χ2v) is 5.05. The number of cyclic esters (lactones) is 1. The minimum Gasteiger partial charge on any atom is -0.448 e. The highest BCUT2D eigenvalue weighted by molar-refractivity contribution is 5.69. The van der Waals surface area contributed by atoms with E-state index in [0.29, 0.717) is 6.61 Å². The molecule has 102 valence electrons. The fourth-order valence-electron chi connectivity index (χ4n) is 2.79. The number of carbonyl (C=O) groups excluding carboxylic acids is 1. The molecule has 6 heteroatoms. The monoisotopic (exact) mass is 256 g/mol. The van der Waals surface area contributed by atoms with Crippen LogP contribution in [0.15, 0.2) is 0 Å². The Kier molecular flexibility index (Phi) is 3.41. The summed E-state index contributed by atoms with van der Waals surface area (Å²) in [6.45, 7) is 6.32. The fraction of sp³-hybridized carbons (Fsp3) is 0.917. The predicted molar refractivity (Wildman–Crippen MR) is 63.2 cm³/mol. The van der Waals surface area contributed by atoms with Crippen molar-refractivity contribution in [1.82, 2.24) is 9.80 Å². The van der Waals surface area contributed by atoms with Crippen molar-refractivity contribution in [3.05, 3.63) is 0 Å². The SMILES string of the molecule is O=C1OCCN1CCN1CCC2(CC1)OCCO2. The third kappa shape index (κ3) is 2.46. The molecule has 3 aliphatic rings. The molecule has 3 aliphatic heterocycles. The molecule has 6 nitrogen and oxygen atoms in total. The molecule has 1 spiro atoms. The Balaban J connectivity index is 1.41. The van der Waals surface area contributed by atoms with E-state index in [1.165, 1.54) is 0 Å². The van der Waals surface area contributed by atoms with Crippen molar-refractivity contribution in [2.75, 3.05) is 52.5 Å². The maximum Gasteiger partial charge on any atom is 0.409 e. The summed E-state index contributed by atoms with van der Waals surface area (Å²) < 4.78 is 16.3. The van der Waals surface area contributed by atoms with E-state index < -0.39 is 0 Å². The van der Waals surface area contributed by atoms with E-state index in [9.17, 15) is 4.79 Å². The third-order valence-corrected chi connectivity index (χ3v) is 3.96. The van der Waals surface area contributed by atoms with Crippen LogP contribution in [0.3, 0.4) is 0 Å². The van der Waals surface area contributed by atoms with Crippen LogP contribution in [0.4, 0.5) is 4.79 Å². The highest BCUT2D eigenvalue weighted by Crippen LogP contribution is 2.31. The summed E-state index contributed by atoms with van der Waals surface area (Å²) in [5.41, 5.74) is 0. The third-order valence-electron chi connectivity index (χ3n) is 3.96. The second kappa shape index (κ2) is 5.03. The number of amides is 1. The van der Waals surface area contributed by atoms with Crippen LogP contribution >= 0.6 is 0 Å². The van der Waals surface area contributed by atoms with Gasteiger partial charge >= 0.3 is 6.09 Å². The predicted octanol–water partition coefficient (Wildman–Crippen LogP) is 0.278. The van der Waals surface area contributed by atoms with Crippen molar-refractivity contribution in [3.63, 3.8) is 0 Å². The van der Waals surface area contributed by atoms with Gasteiger partial charge in [0.2, 0.25) is 0 Å². The highest BCUT2D eigenvalue weighted by Gasteiger charge is 2.39. The lowest BCUT2D eigenvalue weighted by Crippen LogP contribution is -2.47. The van der Waals surface area contributed by atoms with E-state index in [2.05, 4.69) is 4.90 Å². The van der Waals surface area contributed by atoms with E-state index in [1.807, 2.05) is 0 Å². The summed E-state index contributed by atoms with van der Waals surface area (Å²) in [6.07, 6.45) is 1.68. The molecule has 3 saturated heterocycles. The molecule has 3 fully saturated rings. The van der Waals surface area contributed by atoms with E-state index in [1.54, 1.807) is 4.90 Å². The van der Waals surface area contributed by atoms with Crippen LogP contribution in [0.25, 0.3) is 0 Å². The summed E-state index contributed by atoms with van der Waals surface area (Å²) in [4.78, 5) is 15.4. The topological polar surface area (TPSA) is 51.2 Å². The maximum atomic E-state index is 11.3. The van der Waals surface area contributed by atoms with Gasteiger partial charge in [-0.3, -0.25) is 0 Å². The Bertz CT molecular complexity index is 307. The number of ether oxygens (including phenoxy) is 3. The molecule has 0 N–H and O–H groups in total. The normalized spacial score (nSPS) is 28.0. The zero-order valence-corrected chi connectivity index (χ0v) is 10.6. The molecule has 0 unspecified atom stereocenters. The maximum absolute atomic E-state index is 11.3. The first kappa shape index (κ1) is 12.2. The highest BCUT2D eigenvalue weighted by atomic mass is 16.7. The summed E-state index contributed by atoms with van der Waals surface area (Å²) in [6, 6.07) is 0. The number of hydrogen-bond acceptors (Lipinski definition) is 5. The Labute approximate surface area is 107 Å². The molecule has 0 atom stereocenters. The first-order valence-corrected chi connectivity index (χ1v) is 6.69. The van der Waals surface area contributed by atoms with Gasteiger partial charge in [-0.05, 0) is 0 Å². The van der Waals surface area contributed by atoms with Crippen molar-refractivity contribution >= 4 is 6.09 Å². The number of likely N-dealkylation sites (tertiary alicyclic amines) is 1. The van der Waals surface area contributed by atoms with Crippen molar-refractivity contribution < 1.29 is 19.0 Å². The molecule has 0 aromatic carbocycles. The summed E-state index contributed by atoms with van der Waals surface area (Å²) in [5, 5.41) is 0. The van der Waals surface area contributed by atoms with Crippen LogP contribution in [0.1, 0.15) is 12.8 Å². The van der Waals surface area contributed by atoms with Gasteiger partial charge in [-0.1, -0.05) is 0 Å². The van der Waals surface area contributed by atoms with Gasteiger partial charge in [0.1, 0.15) is 6.61 Å². The molecule has 0 aromatic heterocycles. The number of rotatable bonds is 3. The van der Waals surface area contributed by atoms with Gasteiger partial charge in [0.05, 0.1) is 19.8 Å². The van der Waals surface area contributed by atoms with Gasteiger partial charge in [0.15, 0.2) is 5.79 Å². The van der Waals surface area contributed by atoms with Crippen LogP contribution in [0.5, 0.6) is 0 Å². The lowest BCUT2D eigenvalue weighted by Gasteiger charge is -2.37. The zero-order chi connectivity index (χ0) is 12.4. The number of carbonyl (C=O) groups is 1. The zero-order valence-electron chi connectivity index (χ0n) is 10.6. The average Bonchev–Trinajstić information content (AvgIpc) is 2.99. The van der Waals surface area contributed by atoms with Gasteiger partial charge in [-0.2, -0.15) is 0 Å². The minimum absolute atomic E-state index is 0.175. The Morgan fingerprint density at radius 2 is 1.72 bits per heavy atom. The van der Waals surface area contributed by atoms with Gasteiger partial charge in [0, 0.05) is 39.0 Å². The quantitative estimate of drug-likeness (QED) is 0.726. The molecule has 18 heavy (non-hydrogen) atoms. The van der Waals surface area contributed by atoms with E-state index >= 15 is 0 Å². The van der Waals surface area contributed by atoms with Crippen LogP contribution in [0.2, 0.25) is 0 Å². The number of hydrogen-bond donors (Lipinski definition) is 0.